The van der Waals surface area contributed by atoms with Crippen LogP contribution in [0.15, 0.2) is 42.2 Å². The minimum Gasteiger partial charge on any atom is -0.512 e. The van der Waals surface area contributed by atoms with Crippen LogP contribution in [0.25, 0.3) is 0 Å². The third kappa shape index (κ3) is 1.94. The molecule has 2 nitrogen and oxygen atoms in total. The Morgan fingerprint density at radius 2 is 1.87 bits per heavy atom. The van der Waals surface area contributed by atoms with Gasteiger partial charge >= 0.3 is 0 Å². The Morgan fingerprint density at radius 3 is 2.47 bits per heavy atom. The SMILES string of the molecule is CC1(c2ccccc2)CC(=O)C=C(O)C1. The summed E-state index contributed by atoms with van der Waals surface area (Å²) in [5, 5.41) is 9.52. The quantitative estimate of drug-likeness (QED) is 0.760. The highest BCUT2D eigenvalue weighted by Crippen LogP contribution is 2.36. The van der Waals surface area contributed by atoms with E-state index < -0.39 is 0 Å². The van der Waals surface area contributed by atoms with Crippen molar-refractivity contribution in [3.8, 4) is 0 Å². The van der Waals surface area contributed by atoms with Crippen LogP contribution < -0.4 is 0 Å². The van der Waals surface area contributed by atoms with Crippen LogP contribution in [0.2, 0.25) is 0 Å². The second kappa shape index (κ2) is 3.54. The van der Waals surface area contributed by atoms with Crippen molar-refractivity contribution in [1.29, 1.82) is 0 Å². The van der Waals surface area contributed by atoms with Crippen molar-refractivity contribution in [2.75, 3.05) is 0 Å². The predicted octanol–water partition coefficient (Wildman–Crippen LogP) is 2.75. The molecule has 0 aliphatic heterocycles. The van der Waals surface area contributed by atoms with Crippen molar-refractivity contribution in [3.05, 3.63) is 47.7 Å². The minimum absolute atomic E-state index is 0.00473. The number of hydrogen-bond acceptors (Lipinski definition) is 2. The van der Waals surface area contributed by atoms with Crippen LogP contribution in [-0.4, -0.2) is 10.9 Å². The first-order valence-corrected chi connectivity index (χ1v) is 5.08. The van der Waals surface area contributed by atoms with Crippen LogP contribution in [0.1, 0.15) is 25.3 Å². The summed E-state index contributed by atoms with van der Waals surface area (Å²) in [5.74, 6) is 0.197. The smallest absolute Gasteiger partial charge is 0.159 e. The van der Waals surface area contributed by atoms with E-state index >= 15 is 0 Å². The lowest BCUT2D eigenvalue weighted by Gasteiger charge is -2.31. The highest BCUT2D eigenvalue weighted by atomic mass is 16.3. The van der Waals surface area contributed by atoms with Gasteiger partial charge in [-0.3, -0.25) is 4.79 Å². The zero-order valence-corrected chi connectivity index (χ0v) is 8.73. The molecular formula is C13H14O2. The summed E-state index contributed by atoms with van der Waals surface area (Å²) >= 11 is 0. The molecular weight excluding hydrogens is 188 g/mol. The Bertz CT molecular complexity index is 406. The van der Waals surface area contributed by atoms with E-state index in [1.54, 1.807) is 0 Å². The first-order valence-electron chi connectivity index (χ1n) is 5.08. The summed E-state index contributed by atoms with van der Waals surface area (Å²) in [4.78, 5) is 11.4. The Labute approximate surface area is 89.2 Å². The van der Waals surface area contributed by atoms with Gasteiger partial charge in [0.2, 0.25) is 0 Å². The first kappa shape index (κ1) is 9.97. The Hall–Kier alpha value is -1.57. The Balaban J connectivity index is 2.37. The van der Waals surface area contributed by atoms with Gasteiger partial charge in [-0.15, -0.1) is 0 Å². The van der Waals surface area contributed by atoms with E-state index in [0.717, 1.165) is 5.56 Å². The Kier molecular flexibility index (Phi) is 2.35. The summed E-state index contributed by atoms with van der Waals surface area (Å²) in [6, 6.07) is 9.88. The van der Waals surface area contributed by atoms with Crippen molar-refractivity contribution >= 4 is 5.78 Å². The number of carbonyl (C=O) groups excluding carboxylic acids is 1. The number of ketones is 1. The zero-order chi connectivity index (χ0) is 10.9. The second-order valence-electron chi connectivity index (χ2n) is 4.38. The summed E-state index contributed by atoms with van der Waals surface area (Å²) in [6.07, 6.45) is 2.36. The third-order valence-corrected chi connectivity index (χ3v) is 2.93. The number of aliphatic hydroxyl groups is 1. The van der Waals surface area contributed by atoms with Crippen LogP contribution in [0.4, 0.5) is 0 Å². The number of aliphatic hydroxyl groups excluding tert-OH is 1. The molecule has 2 heteroatoms. The van der Waals surface area contributed by atoms with E-state index in [-0.39, 0.29) is 17.0 Å². The molecule has 78 valence electrons. The van der Waals surface area contributed by atoms with Gasteiger partial charge in [-0.2, -0.15) is 0 Å². The normalized spacial score (nSPS) is 26.2. The molecule has 0 saturated heterocycles. The van der Waals surface area contributed by atoms with E-state index in [2.05, 4.69) is 0 Å². The molecule has 15 heavy (non-hydrogen) atoms. The van der Waals surface area contributed by atoms with Gasteiger partial charge in [-0.05, 0) is 5.56 Å². The summed E-state index contributed by atoms with van der Waals surface area (Å²) in [7, 11) is 0. The van der Waals surface area contributed by atoms with Crippen molar-refractivity contribution in [2.24, 2.45) is 0 Å². The molecule has 2 rings (SSSR count). The van der Waals surface area contributed by atoms with Crippen LogP contribution >= 0.6 is 0 Å². The molecule has 0 heterocycles. The Morgan fingerprint density at radius 1 is 1.20 bits per heavy atom. The predicted molar refractivity (Wildman–Crippen MR) is 58.7 cm³/mol. The average Bonchev–Trinajstić information content (AvgIpc) is 2.17. The second-order valence-corrected chi connectivity index (χ2v) is 4.38. The largest absolute Gasteiger partial charge is 0.512 e. The average molecular weight is 202 g/mol. The van der Waals surface area contributed by atoms with E-state index in [9.17, 15) is 9.90 Å². The lowest BCUT2D eigenvalue weighted by molar-refractivity contribution is -0.116. The molecule has 0 amide bonds. The summed E-state index contributed by atoms with van der Waals surface area (Å²) in [5.41, 5.74) is 0.856. The van der Waals surface area contributed by atoms with Gasteiger partial charge in [0, 0.05) is 24.3 Å². The molecule has 1 aliphatic carbocycles. The molecule has 0 radical (unpaired) electrons. The minimum atomic E-state index is -0.253. The van der Waals surface area contributed by atoms with Gasteiger partial charge in [-0.1, -0.05) is 37.3 Å². The molecule has 0 aromatic heterocycles. The van der Waals surface area contributed by atoms with Gasteiger partial charge in [0.25, 0.3) is 0 Å². The van der Waals surface area contributed by atoms with Crippen LogP contribution in [-0.2, 0) is 10.2 Å². The van der Waals surface area contributed by atoms with Gasteiger partial charge in [0.1, 0.15) is 0 Å². The number of allylic oxidation sites excluding steroid dienone is 2. The molecule has 1 atom stereocenters. The van der Waals surface area contributed by atoms with Crippen LogP contribution in [0, 0.1) is 0 Å². The number of benzene rings is 1. The third-order valence-electron chi connectivity index (χ3n) is 2.93. The summed E-state index contributed by atoms with van der Waals surface area (Å²) < 4.78 is 0. The fraction of sp³-hybridized carbons (Fsp3) is 0.308. The highest BCUT2D eigenvalue weighted by molar-refractivity contribution is 5.92. The highest BCUT2D eigenvalue weighted by Gasteiger charge is 2.33. The van der Waals surface area contributed by atoms with Crippen molar-refractivity contribution in [3.63, 3.8) is 0 Å². The molecule has 0 fully saturated rings. The number of hydrogen-bond donors (Lipinski definition) is 1. The van der Waals surface area contributed by atoms with Gasteiger partial charge in [-0.25, -0.2) is 0 Å². The lowest BCUT2D eigenvalue weighted by Crippen LogP contribution is -2.29. The fourth-order valence-electron chi connectivity index (χ4n) is 2.18. The maximum Gasteiger partial charge on any atom is 0.159 e. The molecule has 0 saturated carbocycles. The van der Waals surface area contributed by atoms with Crippen molar-refractivity contribution in [2.45, 2.75) is 25.2 Å². The fourth-order valence-corrected chi connectivity index (χ4v) is 2.18. The standard InChI is InChI=1S/C13H14O2/c1-13(10-5-3-2-4-6-10)8-11(14)7-12(15)9-13/h2-7,14H,8-9H2,1H3. The van der Waals surface area contributed by atoms with E-state index in [1.807, 2.05) is 37.3 Å². The number of carbonyl (C=O) groups is 1. The van der Waals surface area contributed by atoms with E-state index in [4.69, 9.17) is 0 Å². The topological polar surface area (TPSA) is 37.3 Å². The monoisotopic (exact) mass is 202 g/mol. The van der Waals surface area contributed by atoms with E-state index in [0.29, 0.717) is 12.8 Å². The molecule has 1 aliphatic rings. The molecule has 1 aromatic rings. The van der Waals surface area contributed by atoms with Crippen molar-refractivity contribution in [1.82, 2.24) is 0 Å². The van der Waals surface area contributed by atoms with E-state index in [1.165, 1.54) is 6.08 Å². The molecule has 1 aromatic carbocycles. The lowest BCUT2D eigenvalue weighted by atomic mass is 9.72. The number of rotatable bonds is 1. The molecule has 1 N–H and O–H groups in total. The van der Waals surface area contributed by atoms with Crippen LogP contribution in [0.5, 0.6) is 0 Å². The molecule has 0 bridgehead atoms. The molecule has 1 unspecified atom stereocenters. The maximum absolute atomic E-state index is 11.4. The summed E-state index contributed by atoms with van der Waals surface area (Å²) in [6.45, 7) is 2.02. The van der Waals surface area contributed by atoms with Crippen LogP contribution in [0.3, 0.4) is 0 Å². The van der Waals surface area contributed by atoms with Crippen molar-refractivity contribution < 1.29 is 9.90 Å². The van der Waals surface area contributed by atoms with Gasteiger partial charge < -0.3 is 5.11 Å². The van der Waals surface area contributed by atoms with Gasteiger partial charge in [0.15, 0.2) is 5.78 Å². The molecule has 0 spiro atoms. The maximum atomic E-state index is 11.4. The van der Waals surface area contributed by atoms with Gasteiger partial charge in [0.05, 0.1) is 5.76 Å². The first-order chi connectivity index (χ1) is 7.10. The zero-order valence-electron chi connectivity index (χ0n) is 8.73.